The number of allylic oxidation sites excluding steroid dienone is 1. The van der Waals surface area contributed by atoms with Crippen molar-refractivity contribution in [3.8, 4) is 0 Å². The Morgan fingerprint density at radius 2 is 1.58 bits per heavy atom. The molecular weight excluding hydrogens is 428 g/mol. The fourth-order valence-electron chi connectivity index (χ4n) is 5.05. The minimum atomic E-state index is -0.262. The van der Waals surface area contributed by atoms with Gasteiger partial charge in [-0.3, -0.25) is 4.79 Å². The van der Waals surface area contributed by atoms with Crippen LogP contribution in [0.15, 0.2) is 72.8 Å². The first kappa shape index (κ1) is 21.6. The lowest BCUT2D eigenvalue weighted by atomic mass is 9.86. The number of hydrogen-bond donors (Lipinski definition) is 0. The Kier molecular flexibility index (Phi) is 6.11. The molecule has 0 fully saturated rings. The minimum Gasteiger partial charge on any atom is -0.303 e. The van der Waals surface area contributed by atoms with Crippen LogP contribution in [0.25, 0.3) is 27.6 Å². The van der Waals surface area contributed by atoms with E-state index in [2.05, 4.69) is 42.5 Å². The molecule has 164 valence electrons. The van der Waals surface area contributed by atoms with Crippen LogP contribution in [-0.2, 0) is 17.6 Å². The van der Waals surface area contributed by atoms with Gasteiger partial charge in [0.25, 0.3) is 0 Å². The normalized spacial score (nSPS) is 16.6. The monoisotopic (exact) mass is 452 g/mol. The van der Waals surface area contributed by atoms with Gasteiger partial charge < -0.3 is 4.79 Å². The third-order valence-electron chi connectivity index (χ3n) is 6.74. The number of fused-ring (bicyclic) bond motifs is 6. The zero-order chi connectivity index (χ0) is 22.8. The quantitative estimate of drug-likeness (QED) is 0.231. The molecule has 0 spiro atoms. The molecule has 2 aliphatic carbocycles. The third kappa shape index (κ3) is 4.12. The van der Waals surface area contributed by atoms with Gasteiger partial charge in [0.05, 0.1) is 0 Å². The van der Waals surface area contributed by atoms with E-state index in [4.69, 9.17) is 11.6 Å². The zero-order valence-corrected chi connectivity index (χ0v) is 19.1. The fraction of sp³-hybridized carbons (Fsp3) is 0.200. The van der Waals surface area contributed by atoms with Crippen molar-refractivity contribution in [2.75, 3.05) is 0 Å². The number of ketones is 1. The van der Waals surface area contributed by atoms with Crippen molar-refractivity contribution in [2.45, 2.75) is 32.1 Å². The second kappa shape index (κ2) is 9.33. The van der Waals surface area contributed by atoms with Crippen LogP contribution in [0.5, 0.6) is 0 Å². The molecule has 0 saturated carbocycles. The summed E-state index contributed by atoms with van der Waals surface area (Å²) in [6.07, 6.45) is 9.82. The summed E-state index contributed by atoms with van der Waals surface area (Å²) in [6.45, 7) is 0. The molecule has 0 heterocycles. The van der Waals surface area contributed by atoms with Crippen LogP contribution in [0.3, 0.4) is 0 Å². The lowest BCUT2D eigenvalue weighted by Crippen LogP contribution is -2.17. The number of carbonyl (C=O) groups is 2. The van der Waals surface area contributed by atoms with Crippen LogP contribution in [0.4, 0.5) is 0 Å². The van der Waals surface area contributed by atoms with E-state index in [-0.39, 0.29) is 18.1 Å². The van der Waals surface area contributed by atoms with Crippen LogP contribution in [-0.4, -0.2) is 12.1 Å². The molecular formula is C30H25ClO2. The maximum absolute atomic E-state index is 11.8. The Bertz CT molecular complexity index is 1400. The van der Waals surface area contributed by atoms with Crippen molar-refractivity contribution >= 4 is 51.3 Å². The van der Waals surface area contributed by atoms with E-state index in [1.54, 1.807) is 12.1 Å². The summed E-state index contributed by atoms with van der Waals surface area (Å²) < 4.78 is 0. The van der Waals surface area contributed by atoms with Crippen LogP contribution in [0.2, 0.25) is 5.02 Å². The summed E-state index contributed by atoms with van der Waals surface area (Å²) in [4.78, 5) is 22.1. The lowest BCUT2D eigenvalue weighted by Gasteiger charge is -2.19. The second-order valence-electron chi connectivity index (χ2n) is 8.73. The summed E-state index contributed by atoms with van der Waals surface area (Å²) in [6, 6.07) is 22.6. The second-order valence-corrected chi connectivity index (χ2v) is 9.14. The molecule has 0 aromatic heterocycles. The van der Waals surface area contributed by atoms with Gasteiger partial charge in [-0.2, -0.15) is 0 Å². The number of aldehydes is 1. The molecule has 0 saturated heterocycles. The Hall–Kier alpha value is -3.23. The highest BCUT2D eigenvalue weighted by Crippen LogP contribution is 2.36. The Morgan fingerprint density at radius 3 is 2.42 bits per heavy atom. The Labute approximate surface area is 198 Å². The molecule has 2 aliphatic rings. The molecule has 6 rings (SSSR count). The molecule has 33 heavy (non-hydrogen) atoms. The van der Waals surface area contributed by atoms with Gasteiger partial charge in [0.15, 0.2) is 5.78 Å². The van der Waals surface area contributed by atoms with Gasteiger partial charge in [0.1, 0.15) is 6.29 Å². The maximum Gasteiger partial charge on any atom is 0.170 e. The summed E-state index contributed by atoms with van der Waals surface area (Å²) in [5.41, 5.74) is 4.71. The van der Waals surface area contributed by atoms with E-state index in [9.17, 15) is 9.59 Å². The van der Waals surface area contributed by atoms with Crippen LogP contribution in [0.1, 0.15) is 46.3 Å². The highest BCUT2D eigenvalue weighted by molar-refractivity contribution is 6.37. The molecule has 3 heteroatoms. The van der Waals surface area contributed by atoms with Crippen molar-refractivity contribution in [1.29, 1.82) is 0 Å². The first-order chi connectivity index (χ1) is 16.2. The van der Waals surface area contributed by atoms with E-state index < -0.39 is 0 Å². The van der Waals surface area contributed by atoms with Gasteiger partial charge >= 0.3 is 0 Å². The number of hydrogen-bond acceptors (Lipinski definition) is 2. The molecule has 0 N–H and O–H groups in total. The molecule has 0 amide bonds. The summed E-state index contributed by atoms with van der Waals surface area (Å²) in [7, 11) is 0. The topological polar surface area (TPSA) is 34.1 Å². The molecule has 4 aromatic rings. The fourth-order valence-corrected chi connectivity index (χ4v) is 5.32. The predicted molar refractivity (Wildman–Crippen MR) is 137 cm³/mol. The predicted octanol–water partition coefficient (Wildman–Crippen LogP) is 7.63. The van der Waals surface area contributed by atoms with Gasteiger partial charge in [0.2, 0.25) is 0 Å². The Balaban J connectivity index is 0.000000146. The first-order valence-electron chi connectivity index (χ1n) is 11.5. The average molecular weight is 453 g/mol. The molecule has 1 atom stereocenters. The first-order valence-corrected chi connectivity index (χ1v) is 11.9. The number of aryl methyl sites for hydroxylation is 2. The van der Waals surface area contributed by atoms with E-state index in [1.807, 2.05) is 24.3 Å². The SMILES string of the molecule is Clc1cc2c3c(ccc2c2ccccc12)CCCC3.O=CCC1C=Cc2ccccc2C1=O. The highest BCUT2D eigenvalue weighted by Gasteiger charge is 2.22. The number of carbonyl (C=O) groups excluding carboxylic acids is 2. The molecule has 4 aromatic carbocycles. The number of halogens is 1. The van der Waals surface area contributed by atoms with Crippen LogP contribution < -0.4 is 0 Å². The zero-order valence-electron chi connectivity index (χ0n) is 18.4. The summed E-state index contributed by atoms with van der Waals surface area (Å²) >= 11 is 6.48. The number of benzene rings is 4. The third-order valence-corrected chi connectivity index (χ3v) is 7.06. The highest BCUT2D eigenvalue weighted by atomic mass is 35.5. The summed E-state index contributed by atoms with van der Waals surface area (Å²) in [5, 5.41) is 6.02. The van der Waals surface area contributed by atoms with Gasteiger partial charge in [-0.25, -0.2) is 0 Å². The average Bonchev–Trinajstić information content (AvgIpc) is 2.86. The minimum absolute atomic E-state index is 0.0511. The van der Waals surface area contributed by atoms with Crippen molar-refractivity contribution in [1.82, 2.24) is 0 Å². The Morgan fingerprint density at radius 1 is 0.848 bits per heavy atom. The van der Waals surface area contributed by atoms with Gasteiger partial charge in [-0.15, -0.1) is 0 Å². The largest absolute Gasteiger partial charge is 0.303 e. The van der Waals surface area contributed by atoms with Gasteiger partial charge in [-0.1, -0.05) is 84.4 Å². The van der Waals surface area contributed by atoms with Gasteiger partial charge in [-0.05, 0) is 64.6 Å². The maximum atomic E-state index is 11.8. The number of rotatable bonds is 2. The number of Topliss-reactive ketones (excluding diaryl/α,β-unsaturated/α-hetero) is 1. The van der Waals surface area contributed by atoms with Crippen molar-refractivity contribution in [3.63, 3.8) is 0 Å². The standard InChI is InChI=1S/C18H15Cl.C12H10O2/c19-18-11-17-13-6-2-1-5-12(13)9-10-15(17)14-7-3-4-8-16(14)18;13-8-7-10-6-5-9-3-1-2-4-11(9)12(10)14/h3-4,7-11H,1-2,5-6H2;1-6,8,10H,7H2. The van der Waals surface area contributed by atoms with Crippen molar-refractivity contribution < 1.29 is 9.59 Å². The smallest absolute Gasteiger partial charge is 0.170 e. The van der Waals surface area contributed by atoms with E-state index in [0.29, 0.717) is 0 Å². The molecule has 0 radical (unpaired) electrons. The van der Waals surface area contributed by atoms with E-state index in [0.717, 1.165) is 27.8 Å². The van der Waals surface area contributed by atoms with Crippen LogP contribution in [0, 0.1) is 5.92 Å². The van der Waals surface area contributed by atoms with Gasteiger partial charge in [0, 0.05) is 28.3 Å². The lowest BCUT2D eigenvalue weighted by molar-refractivity contribution is -0.108. The molecule has 1 unspecified atom stereocenters. The van der Waals surface area contributed by atoms with E-state index in [1.165, 1.54) is 53.0 Å². The molecule has 0 bridgehead atoms. The van der Waals surface area contributed by atoms with Crippen molar-refractivity contribution in [3.05, 3.63) is 100 Å². The summed E-state index contributed by atoms with van der Waals surface area (Å²) in [5.74, 6) is -0.211. The molecule has 2 nitrogen and oxygen atoms in total. The van der Waals surface area contributed by atoms with E-state index >= 15 is 0 Å². The van der Waals surface area contributed by atoms with Crippen molar-refractivity contribution in [2.24, 2.45) is 5.92 Å². The van der Waals surface area contributed by atoms with Crippen LogP contribution >= 0.6 is 11.6 Å². The molecule has 0 aliphatic heterocycles.